The van der Waals surface area contributed by atoms with E-state index in [0.29, 0.717) is 18.5 Å². The zero-order valence-corrected chi connectivity index (χ0v) is 16.9. The van der Waals surface area contributed by atoms with Gasteiger partial charge in [0.2, 0.25) is 0 Å². The van der Waals surface area contributed by atoms with Crippen LogP contribution in [0.2, 0.25) is 0 Å². The molecule has 0 radical (unpaired) electrons. The first-order valence-corrected chi connectivity index (χ1v) is 10.1. The van der Waals surface area contributed by atoms with Crippen LogP contribution in [-0.2, 0) is 23.0 Å². The summed E-state index contributed by atoms with van der Waals surface area (Å²) in [5, 5.41) is 0.939. The molecule has 144 valence electrons. The molecule has 0 N–H and O–H groups in total. The average molecular weight is 409 g/mol. The van der Waals surface area contributed by atoms with Crippen LogP contribution in [0.5, 0.6) is 0 Å². The molecule has 0 amide bonds. The van der Waals surface area contributed by atoms with E-state index in [9.17, 15) is 12.8 Å². The molecule has 0 bridgehead atoms. The average Bonchev–Trinajstić information content (AvgIpc) is 2.76. The maximum Gasteiger partial charge on any atom is 0.271 e. The highest BCUT2D eigenvalue weighted by molar-refractivity contribution is 7.90. The molecule has 2 heterocycles. The summed E-state index contributed by atoms with van der Waals surface area (Å²) in [7, 11) is -1.98. The van der Waals surface area contributed by atoms with Crippen molar-refractivity contribution in [3.05, 3.63) is 65.1 Å². The molecule has 2 aromatic carbocycles. The third-order valence-electron chi connectivity index (χ3n) is 5.03. The Bertz CT molecular complexity index is 1110. The summed E-state index contributed by atoms with van der Waals surface area (Å²) in [6.07, 6.45) is 1.52. The summed E-state index contributed by atoms with van der Waals surface area (Å²) in [6, 6.07) is 11.3. The molecule has 7 heteroatoms. The smallest absolute Gasteiger partial charge is 0.271 e. The van der Waals surface area contributed by atoms with E-state index < -0.39 is 15.8 Å². The van der Waals surface area contributed by atoms with Gasteiger partial charge in [0.1, 0.15) is 10.7 Å². The second-order valence-electron chi connectivity index (χ2n) is 6.99. The van der Waals surface area contributed by atoms with Crippen LogP contribution in [0.1, 0.15) is 23.2 Å². The van der Waals surface area contributed by atoms with Crippen LogP contribution in [0.3, 0.4) is 0 Å². The topological polar surface area (TPSA) is 42.3 Å². The van der Waals surface area contributed by atoms with Crippen LogP contribution in [-0.4, -0.2) is 30.9 Å². The lowest BCUT2D eigenvalue weighted by Crippen LogP contribution is -2.17. The quantitative estimate of drug-likeness (QED) is 0.640. The van der Waals surface area contributed by atoms with Crippen molar-refractivity contribution in [1.82, 2.24) is 8.87 Å². The van der Waals surface area contributed by atoms with Gasteiger partial charge in [0.15, 0.2) is 0 Å². The number of fused-ring (bicyclic) bond motifs is 3. The molecular weight excluding hydrogens is 387 g/mol. The molecule has 0 atom stereocenters. The van der Waals surface area contributed by atoms with Crippen LogP contribution < -0.4 is 0 Å². The number of halogens is 2. The summed E-state index contributed by atoms with van der Waals surface area (Å²) < 4.78 is 42.5. The molecule has 0 aliphatic carbocycles. The SMILES string of the molecule is Cc1ccc2c(c1)c1c(n2S(=O)(=O)c2ccccc2F)CCCN(C)C1.Cl. The van der Waals surface area contributed by atoms with E-state index in [4.69, 9.17) is 0 Å². The molecule has 0 saturated carbocycles. The maximum atomic E-state index is 14.3. The number of hydrogen-bond donors (Lipinski definition) is 0. The van der Waals surface area contributed by atoms with Gasteiger partial charge in [-0.15, -0.1) is 12.4 Å². The molecular formula is C20H22ClFN2O2S. The summed E-state index contributed by atoms with van der Waals surface area (Å²) in [5.41, 5.74) is 3.51. The predicted octanol–water partition coefficient (Wildman–Crippen LogP) is 4.13. The lowest BCUT2D eigenvalue weighted by molar-refractivity contribution is 0.333. The summed E-state index contributed by atoms with van der Waals surface area (Å²) in [4.78, 5) is 1.92. The molecule has 0 saturated heterocycles. The molecule has 3 aromatic rings. The number of nitrogens with zero attached hydrogens (tertiary/aromatic N) is 2. The van der Waals surface area contributed by atoms with E-state index in [1.54, 1.807) is 6.07 Å². The minimum Gasteiger partial charge on any atom is -0.302 e. The van der Waals surface area contributed by atoms with Crippen LogP contribution in [0.25, 0.3) is 10.9 Å². The highest BCUT2D eigenvalue weighted by Gasteiger charge is 2.30. The maximum absolute atomic E-state index is 14.3. The normalized spacial score (nSPS) is 15.2. The van der Waals surface area contributed by atoms with Crippen molar-refractivity contribution >= 4 is 33.3 Å². The van der Waals surface area contributed by atoms with Crippen molar-refractivity contribution in [2.45, 2.75) is 31.2 Å². The van der Waals surface area contributed by atoms with Gasteiger partial charge in [-0.1, -0.05) is 23.8 Å². The molecule has 0 fully saturated rings. The van der Waals surface area contributed by atoms with Crippen molar-refractivity contribution in [2.75, 3.05) is 13.6 Å². The van der Waals surface area contributed by atoms with Crippen molar-refractivity contribution < 1.29 is 12.8 Å². The van der Waals surface area contributed by atoms with E-state index >= 15 is 0 Å². The first kappa shape index (κ1) is 19.9. The highest BCUT2D eigenvalue weighted by atomic mass is 35.5. The lowest BCUT2D eigenvalue weighted by atomic mass is 10.1. The molecule has 4 nitrogen and oxygen atoms in total. The fourth-order valence-corrected chi connectivity index (χ4v) is 5.48. The Morgan fingerprint density at radius 3 is 2.59 bits per heavy atom. The molecule has 1 aromatic heterocycles. The van der Waals surface area contributed by atoms with Crippen molar-refractivity contribution in [3.8, 4) is 0 Å². The van der Waals surface area contributed by atoms with Gasteiger partial charge in [0, 0.05) is 17.6 Å². The van der Waals surface area contributed by atoms with Crippen molar-refractivity contribution in [2.24, 2.45) is 0 Å². The third-order valence-corrected chi connectivity index (χ3v) is 6.81. The number of aryl methyl sites for hydroxylation is 1. The Morgan fingerprint density at radius 2 is 1.85 bits per heavy atom. The summed E-state index contributed by atoms with van der Waals surface area (Å²) in [5.74, 6) is -0.721. The predicted molar refractivity (Wildman–Crippen MR) is 108 cm³/mol. The minimum absolute atomic E-state index is 0. The third kappa shape index (κ3) is 3.26. The summed E-state index contributed by atoms with van der Waals surface area (Å²) >= 11 is 0. The van der Waals surface area contributed by atoms with E-state index in [2.05, 4.69) is 4.90 Å². The van der Waals surface area contributed by atoms with Gasteiger partial charge in [-0.3, -0.25) is 0 Å². The molecule has 27 heavy (non-hydrogen) atoms. The fraction of sp³-hybridized carbons (Fsp3) is 0.300. The van der Waals surface area contributed by atoms with Crippen LogP contribution >= 0.6 is 12.4 Å². The van der Waals surface area contributed by atoms with Crippen LogP contribution in [0.4, 0.5) is 4.39 Å². The Kier molecular flexibility index (Phi) is 5.34. The van der Waals surface area contributed by atoms with Gasteiger partial charge >= 0.3 is 0 Å². The second-order valence-corrected chi connectivity index (χ2v) is 8.74. The largest absolute Gasteiger partial charge is 0.302 e. The van der Waals surface area contributed by atoms with Gasteiger partial charge in [-0.2, -0.15) is 0 Å². The second kappa shape index (κ2) is 7.26. The zero-order chi connectivity index (χ0) is 18.5. The van der Waals surface area contributed by atoms with Crippen molar-refractivity contribution in [1.29, 1.82) is 0 Å². The van der Waals surface area contributed by atoms with E-state index in [0.717, 1.165) is 35.2 Å². The Labute approximate surface area is 165 Å². The van der Waals surface area contributed by atoms with Gasteiger partial charge < -0.3 is 4.90 Å². The van der Waals surface area contributed by atoms with Gasteiger partial charge in [-0.05, 0) is 63.2 Å². The number of aromatic nitrogens is 1. The fourth-order valence-electron chi connectivity index (χ4n) is 3.81. The number of hydrogen-bond acceptors (Lipinski definition) is 3. The van der Waals surface area contributed by atoms with E-state index in [1.165, 1.54) is 22.2 Å². The van der Waals surface area contributed by atoms with E-state index in [1.807, 2.05) is 32.2 Å². The monoisotopic (exact) mass is 408 g/mol. The van der Waals surface area contributed by atoms with Gasteiger partial charge in [0.25, 0.3) is 10.0 Å². The Hall–Kier alpha value is -1.89. The molecule has 1 aliphatic heterocycles. The lowest BCUT2D eigenvalue weighted by Gasteiger charge is -2.12. The molecule has 0 spiro atoms. The summed E-state index contributed by atoms with van der Waals surface area (Å²) in [6.45, 7) is 3.59. The van der Waals surface area contributed by atoms with Crippen LogP contribution in [0, 0.1) is 12.7 Å². The van der Waals surface area contributed by atoms with Gasteiger partial charge in [-0.25, -0.2) is 16.8 Å². The first-order valence-electron chi connectivity index (χ1n) is 8.71. The standard InChI is InChI=1S/C20H21FN2O2S.ClH/c1-14-9-10-19-15(12-14)16-13-22(2)11-5-7-18(16)23(19)26(24,25)20-8-4-3-6-17(20)21;/h3-4,6,8-10,12H,5,7,11,13H2,1-2H3;1H. The minimum atomic E-state index is -4.02. The Morgan fingerprint density at radius 1 is 1.11 bits per heavy atom. The zero-order valence-electron chi connectivity index (χ0n) is 15.3. The van der Waals surface area contributed by atoms with E-state index in [-0.39, 0.29) is 17.3 Å². The Balaban J connectivity index is 0.00000210. The molecule has 1 aliphatic rings. The first-order chi connectivity index (χ1) is 12.4. The molecule has 4 rings (SSSR count). The number of benzene rings is 2. The van der Waals surface area contributed by atoms with Crippen LogP contribution in [0.15, 0.2) is 47.4 Å². The molecule has 0 unspecified atom stereocenters. The van der Waals surface area contributed by atoms with Gasteiger partial charge in [0.05, 0.1) is 5.52 Å². The highest BCUT2D eigenvalue weighted by Crippen LogP contribution is 2.34. The number of rotatable bonds is 2. The van der Waals surface area contributed by atoms with Crippen molar-refractivity contribution in [3.63, 3.8) is 0 Å².